The van der Waals surface area contributed by atoms with Crippen LogP contribution in [0.2, 0.25) is 0 Å². The molecule has 0 spiro atoms. The second-order valence-corrected chi connectivity index (χ2v) is 5.60. The van der Waals surface area contributed by atoms with Crippen molar-refractivity contribution in [2.24, 2.45) is 0 Å². The summed E-state index contributed by atoms with van der Waals surface area (Å²) in [5.74, 6) is 1.86. The van der Waals surface area contributed by atoms with Gasteiger partial charge in [0.2, 0.25) is 0 Å². The van der Waals surface area contributed by atoms with Gasteiger partial charge in [0.05, 0.1) is 19.9 Å². The molecule has 25 heavy (non-hydrogen) atoms. The maximum Gasteiger partial charge on any atom is 0.161 e. The molecule has 0 saturated heterocycles. The summed E-state index contributed by atoms with van der Waals surface area (Å²) < 4.78 is 24.1. The molecule has 0 aliphatic heterocycles. The highest BCUT2D eigenvalue weighted by Crippen LogP contribution is 2.44. The summed E-state index contributed by atoms with van der Waals surface area (Å²) in [5, 5.41) is 10.6. The van der Waals surface area contributed by atoms with Crippen molar-refractivity contribution < 1.29 is 13.9 Å². The predicted molar refractivity (Wildman–Crippen MR) is 96.9 cm³/mol. The van der Waals surface area contributed by atoms with Crippen molar-refractivity contribution >= 4 is 23.9 Å². The predicted octanol–water partition coefficient (Wildman–Crippen LogP) is 4.30. The molecule has 130 valence electrons. The van der Waals surface area contributed by atoms with E-state index in [0.717, 1.165) is 34.6 Å². The van der Waals surface area contributed by atoms with Crippen molar-refractivity contribution in [2.45, 2.75) is 6.42 Å². The van der Waals surface area contributed by atoms with Gasteiger partial charge in [-0.05, 0) is 35.9 Å². The quantitative estimate of drug-likeness (QED) is 0.569. The number of fused-ring (bicyclic) bond motifs is 3. The summed E-state index contributed by atoms with van der Waals surface area (Å²) in [6.07, 6.45) is 0.721. The third kappa shape index (κ3) is 2.89. The minimum atomic E-state index is -0.283. The molecule has 5 nitrogen and oxygen atoms in total. The van der Waals surface area contributed by atoms with E-state index in [-0.39, 0.29) is 18.2 Å². The summed E-state index contributed by atoms with van der Waals surface area (Å²) in [4.78, 5) is 0. The zero-order chi connectivity index (χ0) is 16.7. The Morgan fingerprint density at radius 1 is 1.12 bits per heavy atom. The fourth-order valence-corrected chi connectivity index (χ4v) is 3.05. The van der Waals surface area contributed by atoms with Gasteiger partial charge in [-0.3, -0.25) is 5.10 Å². The summed E-state index contributed by atoms with van der Waals surface area (Å²) in [6.45, 7) is 0. The number of halogens is 2. The van der Waals surface area contributed by atoms with Crippen LogP contribution in [0.25, 0.3) is 11.3 Å². The van der Waals surface area contributed by atoms with E-state index in [2.05, 4.69) is 15.5 Å². The molecule has 0 atom stereocenters. The molecule has 1 heterocycles. The van der Waals surface area contributed by atoms with Gasteiger partial charge in [0.25, 0.3) is 0 Å². The van der Waals surface area contributed by atoms with Crippen LogP contribution in [-0.2, 0) is 6.42 Å². The summed E-state index contributed by atoms with van der Waals surface area (Å²) in [5.41, 5.74) is 4.75. The molecule has 3 aromatic rings. The highest BCUT2D eigenvalue weighted by molar-refractivity contribution is 5.85. The number of nitrogens with zero attached hydrogens (tertiary/aromatic N) is 1. The van der Waals surface area contributed by atoms with Crippen LogP contribution in [-0.4, -0.2) is 24.4 Å². The number of anilines is 2. The second-order valence-electron chi connectivity index (χ2n) is 5.60. The fraction of sp³-hybridized carbons (Fsp3) is 0.167. The van der Waals surface area contributed by atoms with Gasteiger partial charge in [0, 0.05) is 23.2 Å². The van der Waals surface area contributed by atoms with Crippen LogP contribution in [0, 0.1) is 5.82 Å². The number of benzene rings is 2. The van der Waals surface area contributed by atoms with Gasteiger partial charge in [0.15, 0.2) is 11.5 Å². The number of ether oxygens (including phenoxy) is 2. The SMILES string of the molecule is COc1cc2c(cc1OC)-c1n[nH]c(Nc3cccc(F)c3)c1C2.Cl. The highest BCUT2D eigenvalue weighted by Gasteiger charge is 2.27. The Morgan fingerprint density at radius 2 is 1.88 bits per heavy atom. The van der Waals surface area contributed by atoms with Crippen LogP contribution >= 0.6 is 12.4 Å². The van der Waals surface area contributed by atoms with Crippen molar-refractivity contribution in [3.05, 3.63) is 53.3 Å². The normalized spacial score (nSPS) is 11.3. The molecule has 0 saturated carbocycles. The standard InChI is InChI=1S/C18H16FN3O2.ClH/c1-23-15-7-10-6-14-17(13(10)9-16(15)24-2)21-22-18(14)20-12-5-3-4-11(19)8-12;/h3-5,7-9H,6H2,1-2H3,(H2,20,21,22);1H. The highest BCUT2D eigenvalue weighted by atomic mass is 35.5. The van der Waals surface area contributed by atoms with Crippen molar-refractivity contribution in [3.63, 3.8) is 0 Å². The van der Waals surface area contributed by atoms with E-state index in [4.69, 9.17) is 9.47 Å². The number of hydrogen-bond donors (Lipinski definition) is 2. The van der Waals surface area contributed by atoms with Crippen molar-refractivity contribution in [2.75, 3.05) is 19.5 Å². The molecule has 1 aliphatic rings. The smallest absolute Gasteiger partial charge is 0.161 e. The van der Waals surface area contributed by atoms with Crippen molar-refractivity contribution in [3.8, 4) is 22.8 Å². The lowest BCUT2D eigenvalue weighted by Crippen LogP contribution is -1.96. The molecule has 7 heteroatoms. The molecule has 1 aromatic heterocycles. The van der Waals surface area contributed by atoms with Gasteiger partial charge >= 0.3 is 0 Å². The maximum absolute atomic E-state index is 13.4. The molecule has 1 aliphatic carbocycles. The first kappa shape index (κ1) is 17.1. The molecule has 0 bridgehead atoms. The third-order valence-electron chi connectivity index (χ3n) is 4.19. The Morgan fingerprint density at radius 3 is 2.60 bits per heavy atom. The number of aromatic amines is 1. The van der Waals surface area contributed by atoms with Gasteiger partial charge in [-0.1, -0.05) is 6.07 Å². The molecular weight excluding hydrogens is 345 g/mol. The number of H-pyrrole nitrogens is 1. The molecule has 4 rings (SSSR count). The largest absolute Gasteiger partial charge is 0.493 e. The average Bonchev–Trinajstić information content (AvgIpc) is 3.13. The lowest BCUT2D eigenvalue weighted by Gasteiger charge is -2.10. The minimum Gasteiger partial charge on any atom is -0.493 e. The zero-order valence-corrected chi connectivity index (χ0v) is 14.5. The molecule has 0 unspecified atom stereocenters. The molecular formula is C18H17ClFN3O2. The van der Waals surface area contributed by atoms with E-state index in [0.29, 0.717) is 17.2 Å². The molecule has 2 aromatic carbocycles. The molecule has 0 amide bonds. The topological polar surface area (TPSA) is 59.2 Å². The monoisotopic (exact) mass is 361 g/mol. The van der Waals surface area contributed by atoms with E-state index < -0.39 is 0 Å². The Labute approximate surface area is 150 Å². The van der Waals surface area contributed by atoms with E-state index in [1.807, 2.05) is 18.2 Å². The summed E-state index contributed by atoms with van der Waals surface area (Å²) in [7, 11) is 3.23. The summed E-state index contributed by atoms with van der Waals surface area (Å²) in [6, 6.07) is 10.2. The third-order valence-corrected chi connectivity index (χ3v) is 4.19. The van der Waals surface area contributed by atoms with Gasteiger partial charge in [0.1, 0.15) is 11.6 Å². The van der Waals surface area contributed by atoms with Crippen LogP contribution in [0.3, 0.4) is 0 Å². The van der Waals surface area contributed by atoms with Crippen LogP contribution in [0.1, 0.15) is 11.1 Å². The van der Waals surface area contributed by atoms with Crippen LogP contribution in [0.15, 0.2) is 36.4 Å². The number of hydrogen-bond acceptors (Lipinski definition) is 4. The molecule has 0 fully saturated rings. The zero-order valence-electron chi connectivity index (χ0n) is 13.7. The van der Waals surface area contributed by atoms with Crippen LogP contribution in [0.4, 0.5) is 15.9 Å². The first-order chi connectivity index (χ1) is 11.7. The van der Waals surface area contributed by atoms with Gasteiger partial charge in [-0.25, -0.2) is 4.39 Å². The Kier molecular flexibility index (Phi) is 4.55. The second kappa shape index (κ2) is 6.64. The maximum atomic E-state index is 13.4. The van der Waals surface area contributed by atoms with Crippen LogP contribution in [0.5, 0.6) is 11.5 Å². The van der Waals surface area contributed by atoms with E-state index in [1.54, 1.807) is 20.3 Å². The number of methoxy groups -OCH3 is 2. The van der Waals surface area contributed by atoms with Gasteiger partial charge < -0.3 is 14.8 Å². The Bertz CT molecular complexity index is 927. The number of aromatic nitrogens is 2. The van der Waals surface area contributed by atoms with E-state index in [9.17, 15) is 4.39 Å². The van der Waals surface area contributed by atoms with Gasteiger partial charge in [-0.2, -0.15) is 5.10 Å². The minimum absolute atomic E-state index is 0. The lowest BCUT2D eigenvalue weighted by molar-refractivity contribution is 0.355. The fourth-order valence-electron chi connectivity index (χ4n) is 3.05. The van der Waals surface area contributed by atoms with E-state index >= 15 is 0 Å². The Balaban J connectivity index is 0.00000182. The summed E-state index contributed by atoms with van der Waals surface area (Å²) >= 11 is 0. The Hall–Kier alpha value is -2.73. The number of nitrogens with one attached hydrogen (secondary N) is 2. The lowest BCUT2D eigenvalue weighted by atomic mass is 10.1. The van der Waals surface area contributed by atoms with Crippen molar-refractivity contribution in [1.29, 1.82) is 0 Å². The van der Waals surface area contributed by atoms with E-state index in [1.165, 1.54) is 12.1 Å². The average molecular weight is 362 g/mol. The van der Waals surface area contributed by atoms with Crippen LogP contribution < -0.4 is 14.8 Å². The van der Waals surface area contributed by atoms with Gasteiger partial charge in [-0.15, -0.1) is 12.4 Å². The molecule has 2 N–H and O–H groups in total. The first-order valence-corrected chi connectivity index (χ1v) is 7.54. The molecule has 0 radical (unpaired) electrons. The first-order valence-electron chi connectivity index (χ1n) is 7.54. The number of rotatable bonds is 4. The van der Waals surface area contributed by atoms with Crippen molar-refractivity contribution in [1.82, 2.24) is 10.2 Å².